The Morgan fingerprint density at radius 2 is 1.35 bits per heavy atom. The van der Waals surface area contributed by atoms with E-state index in [1.165, 1.54) is 58.9 Å². The van der Waals surface area contributed by atoms with Crippen LogP contribution >= 0.6 is 11.6 Å². The number of benzene rings is 3. The Hall–Kier alpha value is -2.99. The molecule has 1 heterocycles. The van der Waals surface area contributed by atoms with Gasteiger partial charge in [0, 0.05) is 24.5 Å². The zero-order chi connectivity index (χ0) is 26.6. The molecule has 1 amide bonds. The lowest BCUT2D eigenvalue weighted by atomic mass is 10.2. The van der Waals surface area contributed by atoms with E-state index >= 15 is 0 Å². The first kappa shape index (κ1) is 27.1. The van der Waals surface area contributed by atoms with Crippen LogP contribution in [0.5, 0.6) is 0 Å². The highest BCUT2D eigenvalue weighted by molar-refractivity contribution is 7.92. The van der Waals surface area contributed by atoms with E-state index < -0.39 is 31.8 Å². The molecule has 1 fully saturated rings. The second-order valence-electron chi connectivity index (χ2n) is 8.55. The fraction of sp³-hybridized carbons (Fsp3) is 0.240. The quantitative estimate of drug-likeness (QED) is 0.414. The SMILES string of the molecule is O=C(Nc1ccc(S(=O)(=O)Nc2ccc(F)cc2)cc1)c1cc(S(=O)(=O)N2CCCCCC2)ccc1Cl. The topological polar surface area (TPSA) is 113 Å². The zero-order valence-electron chi connectivity index (χ0n) is 19.7. The van der Waals surface area contributed by atoms with Gasteiger partial charge in [-0.05, 0) is 79.6 Å². The summed E-state index contributed by atoms with van der Waals surface area (Å²) in [5.74, 6) is -1.13. The second-order valence-corrected chi connectivity index (χ2v) is 12.6. The first-order valence-electron chi connectivity index (χ1n) is 11.6. The van der Waals surface area contributed by atoms with Crippen LogP contribution in [0.3, 0.4) is 0 Å². The summed E-state index contributed by atoms with van der Waals surface area (Å²) in [4.78, 5) is 12.8. The maximum atomic E-state index is 13.1. The largest absolute Gasteiger partial charge is 0.322 e. The molecule has 3 aromatic rings. The monoisotopic (exact) mass is 565 g/mol. The van der Waals surface area contributed by atoms with Crippen molar-refractivity contribution in [1.29, 1.82) is 0 Å². The highest BCUT2D eigenvalue weighted by Crippen LogP contribution is 2.26. The van der Waals surface area contributed by atoms with Gasteiger partial charge in [-0.1, -0.05) is 24.4 Å². The zero-order valence-corrected chi connectivity index (χ0v) is 22.0. The molecule has 0 atom stereocenters. The maximum Gasteiger partial charge on any atom is 0.261 e. The van der Waals surface area contributed by atoms with Gasteiger partial charge in [0.1, 0.15) is 5.82 Å². The van der Waals surface area contributed by atoms with Crippen LogP contribution in [0, 0.1) is 5.82 Å². The average molecular weight is 566 g/mol. The molecule has 37 heavy (non-hydrogen) atoms. The molecule has 0 aliphatic carbocycles. The molecule has 8 nitrogen and oxygen atoms in total. The van der Waals surface area contributed by atoms with E-state index in [9.17, 15) is 26.0 Å². The van der Waals surface area contributed by atoms with Gasteiger partial charge in [-0.15, -0.1) is 0 Å². The highest BCUT2D eigenvalue weighted by atomic mass is 35.5. The molecule has 0 unspecified atom stereocenters. The van der Waals surface area contributed by atoms with Crippen molar-refractivity contribution in [2.24, 2.45) is 0 Å². The van der Waals surface area contributed by atoms with Gasteiger partial charge in [-0.2, -0.15) is 4.31 Å². The summed E-state index contributed by atoms with van der Waals surface area (Å²) in [6.07, 6.45) is 3.52. The number of sulfonamides is 2. The predicted octanol–water partition coefficient (Wildman–Crippen LogP) is 5.10. The van der Waals surface area contributed by atoms with Gasteiger partial charge in [-0.3, -0.25) is 9.52 Å². The lowest BCUT2D eigenvalue weighted by Crippen LogP contribution is -2.32. The van der Waals surface area contributed by atoms with Gasteiger partial charge in [-0.25, -0.2) is 21.2 Å². The molecule has 0 aromatic heterocycles. The first-order chi connectivity index (χ1) is 17.6. The standard InChI is InChI=1S/C25H25ClFN3O5S2/c26-24-14-13-22(37(34,35)30-15-3-1-2-4-16-30)17-23(24)25(31)28-19-9-11-21(12-10-19)36(32,33)29-20-7-5-18(27)6-8-20/h5-14,17,29H,1-4,15-16H2,(H,28,31). The number of hydrogen-bond donors (Lipinski definition) is 2. The van der Waals surface area contributed by atoms with E-state index in [2.05, 4.69) is 10.0 Å². The summed E-state index contributed by atoms with van der Waals surface area (Å²) in [5, 5.41) is 2.69. The number of carbonyl (C=O) groups excluding carboxylic acids is 1. The Morgan fingerprint density at radius 3 is 1.97 bits per heavy atom. The third-order valence-electron chi connectivity index (χ3n) is 5.90. The van der Waals surface area contributed by atoms with Gasteiger partial charge < -0.3 is 5.32 Å². The summed E-state index contributed by atoms with van der Waals surface area (Å²) >= 11 is 6.21. The van der Waals surface area contributed by atoms with Crippen LogP contribution in [0.25, 0.3) is 0 Å². The first-order valence-corrected chi connectivity index (χ1v) is 14.9. The molecule has 2 N–H and O–H groups in total. The highest BCUT2D eigenvalue weighted by Gasteiger charge is 2.27. The molecule has 1 aliphatic heterocycles. The summed E-state index contributed by atoms with van der Waals surface area (Å²) in [7, 11) is -7.72. The van der Waals surface area contributed by atoms with Crippen molar-refractivity contribution in [2.45, 2.75) is 35.5 Å². The lowest BCUT2D eigenvalue weighted by molar-refractivity contribution is 0.102. The van der Waals surface area contributed by atoms with Crippen LogP contribution in [0.15, 0.2) is 76.5 Å². The third kappa shape index (κ3) is 6.48. The van der Waals surface area contributed by atoms with Gasteiger partial charge in [0.2, 0.25) is 10.0 Å². The third-order valence-corrected chi connectivity index (χ3v) is 9.53. The molecular weight excluding hydrogens is 541 g/mol. The number of nitrogens with zero attached hydrogens (tertiary/aromatic N) is 1. The molecule has 12 heteroatoms. The molecule has 0 bridgehead atoms. The minimum absolute atomic E-state index is 0.0164. The van der Waals surface area contributed by atoms with Crippen LogP contribution in [0.4, 0.5) is 15.8 Å². The van der Waals surface area contributed by atoms with E-state index in [0.717, 1.165) is 37.8 Å². The van der Waals surface area contributed by atoms with Crippen molar-refractivity contribution in [1.82, 2.24) is 4.31 Å². The van der Waals surface area contributed by atoms with E-state index in [1.807, 2.05) is 0 Å². The van der Waals surface area contributed by atoms with Crippen molar-refractivity contribution >= 4 is 48.9 Å². The number of rotatable bonds is 7. The van der Waals surface area contributed by atoms with E-state index in [1.54, 1.807) is 0 Å². The van der Waals surface area contributed by atoms with Crippen molar-refractivity contribution in [2.75, 3.05) is 23.1 Å². The molecule has 0 radical (unpaired) electrons. The van der Waals surface area contributed by atoms with E-state index in [-0.39, 0.29) is 31.8 Å². The van der Waals surface area contributed by atoms with Gasteiger partial charge in [0.05, 0.1) is 20.4 Å². The normalized spacial score (nSPS) is 15.1. The molecule has 3 aromatic carbocycles. The minimum atomic E-state index is -3.94. The van der Waals surface area contributed by atoms with E-state index in [0.29, 0.717) is 13.1 Å². The lowest BCUT2D eigenvalue weighted by Gasteiger charge is -2.20. The van der Waals surface area contributed by atoms with Crippen LogP contribution in [-0.4, -0.2) is 40.1 Å². The Bertz CT molecular complexity index is 1490. The fourth-order valence-electron chi connectivity index (χ4n) is 3.92. The van der Waals surface area contributed by atoms with Gasteiger partial charge >= 0.3 is 0 Å². The van der Waals surface area contributed by atoms with Gasteiger partial charge in [0.15, 0.2) is 0 Å². The maximum absolute atomic E-state index is 13.1. The van der Waals surface area contributed by atoms with Crippen molar-refractivity contribution < 1.29 is 26.0 Å². The number of carbonyl (C=O) groups is 1. The van der Waals surface area contributed by atoms with E-state index in [4.69, 9.17) is 11.6 Å². The number of amides is 1. The average Bonchev–Trinajstić information content (AvgIpc) is 3.16. The van der Waals surface area contributed by atoms with Crippen LogP contribution in [-0.2, 0) is 20.0 Å². The smallest absolute Gasteiger partial charge is 0.261 e. The number of halogens is 2. The Kier molecular flexibility index (Phi) is 8.17. The van der Waals surface area contributed by atoms with Crippen LogP contribution < -0.4 is 10.0 Å². The van der Waals surface area contributed by atoms with Crippen LogP contribution in [0.1, 0.15) is 36.0 Å². The summed E-state index contributed by atoms with van der Waals surface area (Å²) in [6.45, 7) is 0.857. The molecule has 196 valence electrons. The van der Waals surface area contributed by atoms with Gasteiger partial charge in [0.25, 0.3) is 15.9 Å². The Morgan fingerprint density at radius 1 is 0.784 bits per heavy atom. The number of hydrogen-bond acceptors (Lipinski definition) is 5. The molecule has 1 aliphatic rings. The fourth-order valence-corrected chi connectivity index (χ4v) is 6.72. The summed E-state index contributed by atoms with van der Waals surface area (Å²) in [6, 6.07) is 14.2. The second kappa shape index (κ2) is 11.2. The molecule has 0 spiro atoms. The predicted molar refractivity (Wildman–Crippen MR) is 140 cm³/mol. The molecule has 1 saturated heterocycles. The summed E-state index contributed by atoms with van der Waals surface area (Å²) in [5.41, 5.74) is 0.457. The summed E-state index contributed by atoms with van der Waals surface area (Å²) < 4.78 is 68.3. The Balaban J connectivity index is 1.49. The van der Waals surface area contributed by atoms with Crippen LogP contribution in [0.2, 0.25) is 5.02 Å². The van der Waals surface area contributed by atoms with Crippen molar-refractivity contribution in [3.63, 3.8) is 0 Å². The molecule has 0 saturated carbocycles. The molecule has 4 rings (SSSR count). The number of nitrogens with one attached hydrogen (secondary N) is 2. The van der Waals surface area contributed by atoms with Crippen molar-refractivity contribution in [3.8, 4) is 0 Å². The minimum Gasteiger partial charge on any atom is -0.322 e. The van der Waals surface area contributed by atoms with Crippen molar-refractivity contribution in [3.05, 3.63) is 83.1 Å². The Labute approximate surface area is 220 Å². The number of anilines is 2. The molecular formula is C25H25ClFN3O5S2.